The molecule has 1 aromatic heterocycles. The first-order chi connectivity index (χ1) is 5.82. The minimum absolute atomic E-state index is 0.0860. The first-order valence-corrected chi connectivity index (χ1v) is 6.13. The quantitative estimate of drug-likeness (QED) is 0.716. The largest absolute Gasteiger partial charge is 0.269 e. The average molecular weight is 223 g/mol. The third-order valence-corrected chi connectivity index (χ3v) is 3.09. The maximum atomic E-state index is 11.0. The van der Waals surface area contributed by atoms with Gasteiger partial charge in [-0.2, -0.15) is 5.10 Å². The lowest BCUT2D eigenvalue weighted by atomic mass is 10.4. The van der Waals surface area contributed by atoms with Crippen LogP contribution < -0.4 is 0 Å². The molecule has 0 aliphatic rings. The smallest absolute Gasteiger partial charge is 0.264 e. The normalized spacial score (nSPS) is 12.4. The van der Waals surface area contributed by atoms with Crippen molar-refractivity contribution in [1.29, 1.82) is 0 Å². The Balaban J connectivity index is 3.27. The van der Waals surface area contributed by atoms with Crippen LogP contribution in [0.15, 0.2) is 11.1 Å². The Kier molecular flexibility index (Phi) is 2.68. The molecule has 4 nitrogen and oxygen atoms in total. The fourth-order valence-corrected chi connectivity index (χ4v) is 2.05. The predicted octanol–water partition coefficient (Wildman–Crippen LogP) is 1.70. The zero-order chi connectivity index (χ0) is 10.2. The molecular formula is C7H11ClN2O2S. The number of rotatable bonds is 2. The van der Waals surface area contributed by atoms with E-state index in [0.717, 1.165) is 0 Å². The monoisotopic (exact) mass is 222 g/mol. The van der Waals surface area contributed by atoms with Gasteiger partial charge in [0.2, 0.25) is 0 Å². The highest BCUT2D eigenvalue weighted by Crippen LogP contribution is 2.19. The van der Waals surface area contributed by atoms with E-state index in [2.05, 4.69) is 5.10 Å². The molecule has 0 aliphatic heterocycles. The standard InChI is InChI=1S/C7H11ClN2O2S/c1-5(2)10-4-7(6(3)9-10)13(8,11)12/h4-5H,1-3H3. The Bertz CT molecular complexity index is 408. The summed E-state index contributed by atoms with van der Waals surface area (Å²) < 4.78 is 23.6. The van der Waals surface area contributed by atoms with Gasteiger partial charge in [-0.05, 0) is 20.8 Å². The molecule has 0 amide bonds. The second-order valence-electron chi connectivity index (χ2n) is 3.09. The molecule has 0 bridgehead atoms. The first kappa shape index (κ1) is 10.5. The van der Waals surface area contributed by atoms with Crippen molar-refractivity contribution in [3.63, 3.8) is 0 Å². The first-order valence-electron chi connectivity index (χ1n) is 3.83. The van der Waals surface area contributed by atoms with Crippen LogP contribution in [0.3, 0.4) is 0 Å². The summed E-state index contributed by atoms with van der Waals surface area (Å²) in [5.74, 6) is 0. The number of hydrogen-bond donors (Lipinski definition) is 0. The second kappa shape index (κ2) is 3.31. The molecule has 0 radical (unpaired) electrons. The molecule has 1 aromatic rings. The van der Waals surface area contributed by atoms with E-state index in [4.69, 9.17) is 10.7 Å². The zero-order valence-electron chi connectivity index (χ0n) is 7.65. The summed E-state index contributed by atoms with van der Waals surface area (Å²) >= 11 is 0. The lowest BCUT2D eigenvalue weighted by Crippen LogP contribution is -2.00. The van der Waals surface area contributed by atoms with E-state index in [-0.39, 0.29) is 10.9 Å². The molecule has 0 aromatic carbocycles. The lowest BCUT2D eigenvalue weighted by Gasteiger charge is -2.02. The number of halogens is 1. The Morgan fingerprint density at radius 3 is 2.31 bits per heavy atom. The van der Waals surface area contributed by atoms with Crippen molar-refractivity contribution >= 4 is 19.7 Å². The van der Waals surface area contributed by atoms with Crippen LogP contribution in [-0.2, 0) is 9.05 Å². The molecule has 0 fully saturated rings. The van der Waals surface area contributed by atoms with Crippen LogP contribution >= 0.6 is 10.7 Å². The summed E-state index contributed by atoms with van der Waals surface area (Å²) in [6.45, 7) is 5.45. The third kappa shape index (κ3) is 2.22. The van der Waals surface area contributed by atoms with E-state index in [1.54, 1.807) is 11.6 Å². The van der Waals surface area contributed by atoms with Crippen LogP contribution in [0, 0.1) is 6.92 Å². The average Bonchev–Trinajstić information content (AvgIpc) is 2.29. The van der Waals surface area contributed by atoms with Gasteiger partial charge in [-0.15, -0.1) is 0 Å². The topological polar surface area (TPSA) is 52.0 Å². The predicted molar refractivity (Wildman–Crippen MR) is 50.4 cm³/mol. The maximum Gasteiger partial charge on any atom is 0.264 e. The van der Waals surface area contributed by atoms with Gasteiger partial charge in [0.1, 0.15) is 4.90 Å². The third-order valence-electron chi connectivity index (χ3n) is 1.66. The Hall–Kier alpha value is -0.550. The molecule has 1 heterocycles. The van der Waals surface area contributed by atoms with Crippen molar-refractivity contribution in [2.24, 2.45) is 0 Å². The van der Waals surface area contributed by atoms with Crippen LogP contribution in [0.4, 0.5) is 0 Å². The molecule has 0 atom stereocenters. The van der Waals surface area contributed by atoms with Crippen molar-refractivity contribution < 1.29 is 8.42 Å². The second-order valence-corrected chi connectivity index (χ2v) is 5.62. The summed E-state index contributed by atoms with van der Waals surface area (Å²) in [5.41, 5.74) is 0.434. The molecule has 0 unspecified atom stereocenters. The van der Waals surface area contributed by atoms with Gasteiger partial charge in [0.15, 0.2) is 0 Å². The van der Waals surface area contributed by atoms with Gasteiger partial charge < -0.3 is 0 Å². The van der Waals surface area contributed by atoms with E-state index < -0.39 is 9.05 Å². The Morgan fingerprint density at radius 2 is 2.08 bits per heavy atom. The van der Waals surface area contributed by atoms with Crippen molar-refractivity contribution in [2.75, 3.05) is 0 Å². The fourth-order valence-electron chi connectivity index (χ4n) is 0.969. The molecule has 0 aliphatic carbocycles. The van der Waals surface area contributed by atoms with Crippen molar-refractivity contribution in [3.05, 3.63) is 11.9 Å². The Morgan fingerprint density at radius 1 is 1.54 bits per heavy atom. The number of aryl methyl sites for hydroxylation is 1. The Labute approximate surface area is 81.9 Å². The molecule has 0 N–H and O–H groups in total. The van der Waals surface area contributed by atoms with Gasteiger partial charge >= 0.3 is 0 Å². The van der Waals surface area contributed by atoms with E-state index in [0.29, 0.717) is 5.69 Å². The van der Waals surface area contributed by atoms with Crippen LogP contribution in [-0.4, -0.2) is 18.2 Å². The molecule has 0 saturated heterocycles. The highest BCUT2D eigenvalue weighted by molar-refractivity contribution is 8.13. The van der Waals surface area contributed by atoms with Crippen LogP contribution in [0.2, 0.25) is 0 Å². The van der Waals surface area contributed by atoms with E-state index in [1.165, 1.54) is 6.20 Å². The van der Waals surface area contributed by atoms with Gasteiger partial charge in [0, 0.05) is 22.9 Å². The van der Waals surface area contributed by atoms with E-state index in [1.807, 2.05) is 13.8 Å². The van der Waals surface area contributed by atoms with Gasteiger partial charge in [-0.3, -0.25) is 4.68 Å². The minimum atomic E-state index is -3.66. The van der Waals surface area contributed by atoms with Crippen molar-refractivity contribution in [1.82, 2.24) is 9.78 Å². The van der Waals surface area contributed by atoms with E-state index >= 15 is 0 Å². The summed E-state index contributed by atoms with van der Waals surface area (Å²) in [4.78, 5) is 0.0860. The van der Waals surface area contributed by atoms with Gasteiger partial charge in [-0.1, -0.05) is 0 Å². The number of aromatic nitrogens is 2. The highest BCUT2D eigenvalue weighted by Gasteiger charge is 2.17. The molecule has 6 heteroatoms. The number of nitrogens with zero attached hydrogens (tertiary/aromatic N) is 2. The molecule has 1 rings (SSSR count). The summed E-state index contributed by atoms with van der Waals surface area (Å²) in [7, 11) is 1.54. The van der Waals surface area contributed by atoms with Gasteiger partial charge in [-0.25, -0.2) is 8.42 Å². The van der Waals surface area contributed by atoms with Crippen LogP contribution in [0.25, 0.3) is 0 Å². The SMILES string of the molecule is Cc1nn(C(C)C)cc1S(=O)(=O)Cl. The van der Waals surface area contributed by atoms with Gasteiger partial charge in [0.05, 0.1) is 5.69 Å². The zero-order valence-corrected chi connectivity index (χ0v) is 9.22. The molecule has 0 spiro atoms. The molecule has 74 valence electrons. The maximum absolute atomic E-state index is 11.0. The van der Waals surface area contributed by atoms with Crippen LogP contribution in [0.1, 0.15) is 25.6 Å². The molecular weight excluding hydrogens is 212 g/mol. The van der Waals surface area contributed by atoms with E-state index in [9.17, 15) is 8.42 Å². The lowest BCUT2D eigenvalue weighted by molar-refractivity contribution is 0.528. The highest BCUT2D eigenvalue weighted by atomic mass is 35.7. The summed E-state index contributed by atoms with van der Waals surface area (Å²) in [6, 6.07) is 0.130. The summed E-state index contributed by atoms with van der Waals surface area (Å²) in [5, 5.41) is 4.03. The van der Waals surface area contributed by atoms with Crippen molar-refractivity contribution in [2.45, 2.75) is 31.7 Å². The fraction of sp³-hybridized carbons (Fsp3) is 0.571. The molecule has 13 heavy (non-hydrogen) atoms. The van der Waals surface area contributed by atoms with Crippen LogP contribution in [0.5, 0.6) is 0 Å². The summed E-state index contributed by atoms with van der Waals surface area (Å²) in [6.07, 6.45) is 1.45. The van der Waals surface area contributed by atoms with Gasteiger partial charge in [0.25, 0.3) is 9.05 Å². The minimum Gasteiger partial charge on any atom is -0.269 e. The van der Waals surface area contributed by atoms with Crippen molar-refractivity contribution in [3.8, 4) is 0 Å². The number of hydrogen-bond acceptors (Lipinski definition) is 3. The molecule has 0 saturated carbocycles.